The number of benzene rings is 1. The largest absolute Gasteiger partial charge is 0.507 e. The molecule has 0 bridgehead atoms. The molecular formula is C24H28N6O. The molecule has 31 heavy (non-hydrogen) atoms. The number of nitrogens with zero attached hydrogens (tertiary/aromatic N) is 5. The number of aryl methyl sites for hydroxylation is 1. The molecule has 7 nitrogen and oxygen atoms in total. The maximum Gasteiger partial charge on any atom is 0.151 e. The number of hydrogen-bond donors (Lipinski definition) is 2. The van der Waals surface area contributed by atoms with Gasteiger partial charge in [-0.1, -0.05) is 12.5 Å². The molecule has 1 saturated heterocycles. The second-order valence-electron chi connectivity index (χ2n) is 9.07. The van der Waals surface area contributed by atoms with E-state index in [1.54, 1.807) is 0 Å². The summed E-state index contributed by atoms with van der Waals surface area (Å²) in [5, 5.41) is 27.8. The molecule has 6 rings (SSSR count). The van der Waals surface area contributed by atoms with E-state index in [-0.39, 0.29) is 5.75 Å². The van der Waals surface area contributed by atoms with Crippen molar-refractivity contribution in [1.82, 2.24) is 25.3 Å². The second kappa shape index (κ2) is 7.64. The minimum atomic E-state index is 0.225. The van der Waals surface area contributed by atoms with E-state index in [1.165, 1.54) is 25.0 Å². The summed E-state index contributed by atoms with van der Waals surface area (Å²) >= 11 is 0. The van der Waals surface area contributed by atoms with E-state index in [1.807, 2.05) is 36.5 Å². The maximum atomic E-state index is 10.7. The number of aromatic hydroxyl groups is 1. The molecule has 3 aliphatic rings. The SMILES string of the molecule is Oc1cc(-c2cnn3c2CCC3)ccc1-c1ccc(N2CCC(NC3CCC3)C2)nn1. The fourth-order valence-electron chi connectivity index (χ4n) is 5.07. The molecule has 2 aliphatic heterocycles. The zero-order chi connectivity index (χ0) is 20.8. The van der Waals surface area contributed by atoms with Crippen LogP contribution in [0.2, 0.25) is 0 Å². The summed E-state index contributed by atoms with van der Waals surface area (Å²) in [6, 6.07) is 11.0. The first-order chi connectivity index (χ1) is 15.2. The summed E-state index contributed by atoms with van der Waals surface area (Å²) in [4.78, 5) is 2.30. The van der Waals surface area contributed by atoms with Crippen LogP contribution in [-0.4, -0.2) is 50.3 Å². The summed E-state index contributed by atoms with van der Waals surface area (Å²) in [5.41, 5.74) is 4.76. The monoisotopic (exact) mass is 416 g/mol. The Hall–Kier alpha value is -2.93. The van der Waals surface area contributed by atoms with Crippen molar-refractivity contribution in [2.75, 3.05) is 18.0 Å². The highest BCUT2D eigenvalue weighted by atomic mass is 16.3. The van der Waals surface area contributed by atoms with Gasteiger partial charge < -0.3 is 15.3 Å². The van der Waals surface area contributed by atoms with Crippen LogP contribution < -0.4 is 10.2 Å². The highest BCUT2D eigenvalue weighted by molar-refractivity contribution is 5.75. The van der Waals surface area contributed by atoms with Crippen LogP contribution in [0.4, 0.5) is 5.82 Å². The van der Waals surface area contributed by atoms with E-state index in [0.717, 1.165) is 55.8 Å². The van der Waals surface area contributed by atoms with Gasteiger partial charge in [-0.3, -0.25) is 4.68 Å². The van der Waals surface area contributed by atoms with Crippen molar-refractivity contribution in [2.24, 2.45) is 0 Å². The summed E-state index contributed by atoms with van der Waals surface area (Å²) in [6.07, 6.45) is 9.23. The second-order valence-corrected chi connectivity index (χ2v) is 9.07. The number of aromatic nitrogens is 4. The minimum absolute atomic E-state index is 0.225. The third kappa shape index (κ3) is 3.47. The van der Waals surface area contributed by atoms with Crippen molar-refractivity contribution in [3.8, 4) is 28.1 Å². The maximum absolute atomic E-state index is 10.7. The van der Waals surface area contributed by atoms with Gasteiger partial charge in [0.25, 0.3) is 0 Å². The van der Waals surface area contributed by atoms with Crippen molar-refractivity contribution in [3.05, 3.63) is 42.2 Å². The molecule has 0 spiro atoms. The fourth-order valence-corrected chi connectivity index (χ4v) is 5.07. The third-order valence-electron chi connectivity index (χ3n) is 7.06. The normalized spacial score (nSPS) is 20.8. The van der Waals surface area contributed by atoms with Gasteiger partial charge in [0.1, 0.15) is 5.75 Å². The Bertz CT molecular complexity index is 1090. The zero-order valence-corrected chi connectivity index (χ0v) is 17.7. The predicted octanol–water partition coefficient (Wildman–Crippen LogP) is 3.38. The van der Waals surface area contributed by atoms with E-state index in [2.05, 4.69) is 30.2 Å². The van der Waals surface area contributed by atoms with Gasteiger partial charge in [-0.05, 0) is 61.9 Å². The van der Waals surface area contributed by atoms with Gasteiger partial charge in [-0.25, -0.2) is 0 Å². The van der Waals surface area contributed by atoms with Gasteiger partial charge in [-0.2, -0.15) is 5.10 Å². The average Bonchev–Trinajstić information content (AvgIpc) is 3.48. The number of fused-ring (bicyclic) bond motifs is 1. The van der Waals surface area contributed by atoms with Crippen molar-refractivity contribution < 1.29 is 5.11 Å². The van der Waals surface area contributed by atoms with Crippen LogP contribution in [0.5, 0.6) is 5.75 Å². The van der Waals surface area contributed by atoms with E-state index in [9.17, 15) is 5.11 Å². The first-order valence-electron chi connectivity index (χ1n) is 11.5. The Labute approximate surface area is 182 Å². The van der Waals surface area contributed by atoms with E-state index in [0.29, 0.717) is 23.3 Å². The van der Waals surface area contributed by atoms with E-state index in [4.69, 9.17) is 0 Å². The fraction of sp³-hybridized carbons (Fsp3) is 0.458. The highest BCUT2D eigenvalue weighted by Crippen LogP contribution is 2.35. The molecule has 7 heteroatoms. The van der Waals surface area contributed by atoms with Crippen molar-refractivity contribution >= 4 is 5.82 Å². The standard InChI is InChI=1S/C24H28N6O/c31-23-13-16(20-14-25-30-11-2-5-22(20)30)6-7-19(23)21-8-9-24(28-27-21)29-12-10-18(15-29)26-17-3-1-4-17/h6-9,13-14,17-18,26,31H,1-5,10-12,15H2. The molecule has 0 amide bonds. The smallest absolute Gasteiger partial charge is 0.151 e. The number of rotatable bonds is 5. The van der Waals surface area contributed by atoms with Crippen LogP contribution in [0.3, 0.4) is 0 Å². The molecule has 0 radical (unpaired) electrons. The highest BCUT2D eigenvalue weighted by Gasteiger charge is 2.28. The quantitative estimate of drug-likeness (QED) is 0.664. The molecule has 160 valence electrons. The van der Waals surface area contributed by atoms with Crippen LogP contribution >= 0.6 is 0 Å². The molecule has 1 aromatic carbocycles. The Balaban J connectivity index is 1.17. The van der Waals surface area contributed by atoms with Gasteiger partial charge >= 0.3 is 0 Å². The van der Waals surface area contributed by atoms with Gasteiger partial charge in [0.2, 0.25) is 0 Å². The number of hydrogen-bond acceptors (Lipinski definition) is 6. The van der Waals surface area contributed by atoms with Crippen LogP contribution in [0.1, 0.15) is 37.8 Å². The van der Waals surface area contributed by atoms with Crippen LogP contribution in [0.15, 0.2) is 36.5 Å². The minimum Gasteiger partial charge on any atom is -0.507 e. The zero-order valence-electron chi connectivity index (χ0n) is 17.7. The van der Waals surface area contributed by atoms with Crippen LogP contribution in [0, 0.1) is 0 Å². The Kier molecular flexibility index (Phi) is 4.64. The Morgan fingerprint density at radius 3 is 2.65 bits per heavy atom. The Morgan fingerprint density at radius 2 is 1.87 bits per heavy atom. The summed E-state index contributed by atoms with van der Waals surface area (Å²) in [5.74, 6) is 1.14. The molecule has 1 unspecified atom stereocenters. The lowest BCUT2D eigenvalue weighted by atomic mass is 9.92. The van der Waals surface area contributed by atoms with Crippen LogP contribution in [0.25, 0.3) is 22.4 Å². The molecule has 1 aliphatic carbocycles. The number of phenolic OH excluding ortho intramolecular Hbond substituents is 1. The molecule has 1 saturated carbocycles. The molecule has 4 heterocycles. The summed E-state index contributed by atoms with van der Waals surface area (Å²) in [7, 11) is 0. The number of anilines is 1. The lowest BCUT2D eigenvalue weighted by Crippen LogP contribution is -2.43. The molecular weight excluding hydrogens is 388 g/mol. The molecule has 2 aromatic heterocycles. The first-order valence-corrected chi connectivity index (χ1v) is 11.5. The molecule has 2 fully saturated rings. The van der Waals surface area contributed by atoms with Crippen molar-refractivity contribution in [3.63, 3.8) is 0 Å². The summed E-state index contributed by atoms with van der Waals surface area (Å²) < 4.78 is 2.06. The van der Waals surface area contributed by atoms with Gasteiger partial charge in [0, 0.05) is 48.5 Å². The number of nitrogens with one attached hydrogen (secondary N) is 1. The van der Waals surface area contributed by atoms with Crippen molar-refractivity contribution in [2.45, 2.75) is 57.2 Å². The predicted molar refractivity (Wildman–Crippen MR) is 120 cm³/mol. The van der Waals surface area contributed by atoms with Crippen molar-refractivity contribution in [1.29, 1.82) is 0 Å². The van der Waals surface area contributed by atoms with Gasteiger partial charge in [0.15, 0.2) is 5.82 Å². The lowest BCUT2D eigenvalue weighted by Gasteiger charge is -2.29. The Morgan fingerprint density at radius 1 is 0.935 bits per heavy atom. The third-order valence-corrected chi connectivity index (χ3v) is 7.06. The summed E-state index contributed by atoms with van der Waals surface area (Å²) in [6.45, 7) is 2.98. The van der Waals surface area contributed by atoms with E-state index >= 15 is 0 Å². The molecule has 1 atom stereocenters. The molecule has 2 N–H and O–H groups in total. The topological polar surface area (TPSA) is 79.1 Å². The first kappa shape index (κ1) is 18.8. The molecule has 3 aromatic rings. The van der Waals surface area contributed by atoms with Gasteiger partial charge in [-0.15, -0.1) is 10.2 Å². The van der Waals surface area contributed by atoms with E-state index < -0.39 is 0 Å². The average molecular weight is 417 g/mol. The number of phenols is 1. The van der Waals surface area contributed by atoms with Gasteiger partial charge in [0.05, 0.1) is 11.9 Å². The lowest BCUT2D eigenvalue weighted by molar-refractivity contribution is 0.311. The van der Waals surface area contributed by atoms with Crippen LogP contribution in [-0.2, 0) is 13.0 Å².